The third kappa shape index (κ3) is 8.32. The van der Waals surface area contributed by atoms with Gasteiger partial charge in [-0.15, -0.1) is 0 Å². The molecule has 37 heavy (non-hydrogen) atoms. The van der Waals surface area contributed by atoms with E-state index in [-0.39, 0.29) is 36.6 Å². The van der Waals surface area contributed by atoms with Crippen molar-refractivity contribution in [2.75, 3.05) is 26.2 Å². The third-order valence-corrected chi connectivity index (χ3v) is 6.16. The topological polar surface area (TPSA) is 152 Å². The number of carbonyl (C=O) groups is 3. The number of carboxylic acid groups (broad SMARTS) is 1. The fourth-order valence-corrected chi connectivity index (χ4v) is 4.10. The first-order chi connectivity index (χ1) is 17.8. The lowest BCUT2D eigenvalue weighted by atomic mass is 10.0. The molecule has 198 valence electrons. The van der Waals surface area contributed by atoms with Gasteiger partial charge in [-0.05, 0) is 49.1 Å². The number of piperidine rings is 1. The SMILES string of the molecule is CCCNC(=N)c1ccc(C(=O)N[C@@H](Cc2ccc(O)cc2)C(=O)N2CCC(OCC(=O)O)CC2)cc1. The molecule has 1 aliphatic rings. The number of benzene rings is 2. The Kier molecular flexibility index (Phi) is 10.0. The Morgan fingerprint density at radius 2 is 1.68 bits per heavy atom. The molecular formula is C27H34N4O6. The molecule has 1 aliphatic heterocycles. The number of amides is 2. The van der Waals surface area contributed by atoms with Gasteiger partial charge in [0.2, 0.25) is 5.91 Å². The highest BCUT2D eigenvalue weighted by Crippen LogP contribution is 2.17. The van der Waals surface area contributed by atoms with E-state index in [2.05, 4.69) is 10.6 Å². The highest BCUT2D eigenvalue weighted by Gasteiger charge is 2.30. The molecule has 1 heterocycles. The molecule has 2 aromatic rings. The van der Waals surface area contributed by atoms with Crippen molar-refractivity contribution in [3.63, 3.8) is 0 Å². The number of phenols is 1. The minimum Gasteiger partial charge on any atom is -0.508 e. The maximum Gasteiger partial charge on any atom is 0.329 e. The van der Waals surface area contributed by atoms with Gasteiger partial charge in [-0.1, -0.05) is 31.2 Å². The molecule has 10 heteroatoms. The van der Waals surface area contributed by atoms with Crippen molar-refractivity contribution in [1.82, 2.24) is 15.5 Å². The summed E-state index contributed by atoms with van der Waals surface area (Å²) < 4.78 is 5.36. The molecule has 1 saturated heterocycles. The fraction of sp³-hybridized carbons (Fsp3) is 0.407. The largest absolute Gasteiger partial charge is 0.508 e. The van der Waals surface area contributed by atoms with Crippen molar-refractivity contribution in [2.24, 2.45) is 0 Å². The van der Waals surface area contributed by atoms with Gasteiger partial charge in [0.25, 0.3) is 5.91 Å². The number of nitrogens with zero attached hydrogens (tertiary/aromatic N) is 1. The Balaban J connectivity index is 1.69. The van der Waals surface area contributed by atoms with Crippen LogP contribution in [-0.2, 0) is 20.7 Å². The average Bonchev–Trinajstić information content (AvgIpc) is 2.91. The zero-order valence-electron chi connectivity index (χ0n) is 20.9. The van der Waals surface area contributed by atoms with Crippen LogP contribution >= 0.6 is 0 Å². The summed E-state index contributed by atoms with van der Waals surface area (Å²) in [6.07, 6.45) is 1.93. The molecule has 0 spiro atoms. The molecular weight excluding hydrogens is 476 g/mol. The van der Waals surface area contributed by atoms with Crippen LogP contribution in [0.3, 0.4) is 0 Å². The highest BCUT2D eigenvalue weighted by molar-refractivity contribution is 6.00. The van der Waals surface area contributed by atoms with Gasteiger partial charge in [-0.2, -0.15) is 0 Å². The molecule has 0 radical (unpaired) electrons. The second kappa shape index (κ2) is 13.4. The number of ether oxygens (including phenoxy) is 1. The number of carbonyl (C=O) groups excluding carboxylic acids is 2. The van der Waals surface area contributed by atoms with Gasteiger partial charge in [-0.3, -0.25) is 15.0 Å². The fourth-order valence-electron chi connectivity index (χ4n) is 4.10. The number of carboxylic acids is 1. The second-order valence-electron chi connectivity index (χ2n) is 9.01. The monoisotopic (exact) mass is 510 g/mol. The second-order valence-corrected chi connectivity index (χ2v) is 9.01. The van der Waals surface area contributed by atoms with Gasteiger partial charge in [0.1, 0.15) is 24.2 Å². The van der Waals surface area contributed by atoms with Gasteiger partial charge < -0.3 is 30.5 Å². The van der Waals surface area contributed by atoms with Crippen LogP contribution in [0.2, 0.25) is 0 Å². The van der Waals surface area contributed by atoms with Crippen molar-refractivity contribution in [3.8, 4) is 5.75 Å². The van der Waals surface area contributed by atoms with E-state index < -0.39 is 17.9 Å². The number of hydrogen-bond donors (Lipinski definition) is 5. The number of hydrogen-bond acceptors (Lipinski definition) is 6. The lowest BCUT2D eigenvalue weighted by Crippen LogP contribution is -2.52. The average molecular weight is 511 g/mol. The maximum atomic E-state index is 13.4. The van der Waals surface area contributed by atoms with E-state index in [1.807, 2.05) is 6.92 Å². The van der Waals surface area contributed by atoms with Crippen LogP contribution in [0.4, 0.5) is 0 Å². The predicted molar refractivity (Wildman–Crippen MR) is 138 cm³/mol. The van der Waals surface area contributed by atoms with Gasteiger partial charge in [-0.25, -0.2) is 4.79 Å². The number of likely N-dealkylation sites (tertiary alicyclic amines) is 1. The Hall–Kier alpha value is -3.92. The maximum absolute atomic E-state index is 13.4. The number of amidine groups is 1. The Labute approximate surface area is 216 Å². The van der Waals surface area contributed by atoms with Crippen molar-refractivity contribution in [2.45, 2.75) is 44.8 Å². The first-order valence-corrected chi connectivity index (χ1v) is 12.4. The highest BCUT2D eigenvalue weighted by atomic mass is 16.5. The summed E-state index contributed by atoms with van der Waals surface area (Å²) >= 11 is 0. The van der Waals surface area contributed by atoms with E-state index in [4.69, 9.17) is 15.3 Å². The standard InChI is InChI=1S/C27H34N4O6/c1-2-13-29-25(28)19-5-7-20(8-6-19)26(35)30-23(16-18-3-9-21(32)10-4-18)27(36)31-14-11-22(12-15-31)37-17-24(33)34/h3-10,22-23,32H,2,11-17H2,1H3,(H2,28,29)(H,30,35)(H,33,34)/t23-/m0/s1. The van der Waals surface area contributed by atoms with Crippen LogP contribution in [0.1, 0.15) is 47.7 Å². The number of aliphatic carboxylic acids is 1. The molecule has 1 fully saturated rings. The Bertz CT molecular complexity index is 1080. The summed E-state index contributed by atoms with van der Waals surface area (Å²) in [5.41, 5.74) is 1.81. The molecule has 10 nitrogen and oxygen atoms in total. The van der Waals surface area contributed by atoms with E-state index in [0.29, 0.717) is 43.6 Å². The van der Waals surface area contributed by atoms with Gasteiger partial charge in [0.15, 0.2) is 0 Å². The quantitative estimate of drug-likeness (QED) is 0.229. The molecule has 3 rings (SSSR count). The van der Waals surface area contributed by atoms with E-state index in [0.717, 1.165) is 12.0 Å². The normalized spacial score (nSPS) is 14.6. The van der Waals surface area contributed by atoms with Crippen LogP contribution in [0.25, 0.3) is 0 Å². The van der Waals surface area contributed by atoms with E-state index >= 15 is 0 Å². The van der Waals surface area contributed by atoms with Crippen LogP contribution in [-0.4, -0.2) is 77.1 Å². The molecule has 5 N–H and O–H groups in total. The number of nitrogens with one attached hydrogen (secondary N) is 3. The molecule has 2 amide bonds. The van der Waals surface area contributed by atoms with Crippen molar-refractivity contribution >= 4 is 23.6 Å². The summed E-state index contributed by atoms with van der Waals surface area (Å²) in [6, 6.07) is 12.3. The van der Waals surface area contributed by atoms with Crippen molar-refractivity contribution in [3.05, 3.63) is 65.2 Å². The minimum absolute atomic E-state index is 0.109. The molecule has 0 saturated carbocycles. The summed E-state index contributed by atoms with van der Waals surface area (Å²) in [4.78, 5) is 38.9. The Morgan fingerprint density at radius 3 is 2.27 bits per heavy atom. The van der Waals surface area contributed by atoms with Gasteiger partial charge in [0, 0.05) is 37.2 Å². The third-order valence-electron chi connectivity index (χ3n) is 6.16. The lowest BCUT2D eigenvalue weighted by Gasteiger charge is -2.34. The van der Waals surface area contributed by atoms with E-state index in [9.17, 15) is 19.5 Å². The molecule has 0 unspecified atom stereocenters. The van der Waals surface area contributed by atoms with Crippen LogP contribution in [0.5, 0.6) is 5.75 Å². The first-order valence-electron chi connectivity index (χ1n) is 12.4. The number of phenolic OH excluding ortho intramolecular Hbond substituents is 1. The summed E-state index contributed by atoms with van der Waals surface area (Å²) in [6.45, 7) is 3.12. The van der Waals surface area contributed by atoms with E-state index in [1.165, 1.54) is 12.1 Å². The first kappa shape index (κ1) is 27.7. The van der Waals surface area contributed by atoms with Gasteiger partial charge in [0.05, 0.1) is 6.10 Å². The van der Waals surface area contributed by atoms with Gasteiger partial charge >= 0.3 is 5.97 Å². The molecule has 0 bridgehead atoms. The smallest absolute Gasteiger partial charge is 0.329 e. The zero-order valence-corrected chi connectivity index (χ0v) is 20.9. The summed E-state index contributed by atoms with van der Waals surface area (Å²) in [5, 5.41) is 32.3. The molecule has 0 aromatic heterocycles. The van der Waals surface area contributed by atoms with Crippen LogP contribution in [0, 0.1) is 5.41 Å². The molecule has 0 aliphatic carbocycles. The number of rotatable bonds is 11. The van der Waals surface area contributed by atoms with Crippen molar-refractivity contribution < 1.29 is 29.3 Å². The van der Waals surface area contributed by atoms with E-state index in [1.54, 1.807) is 41.3 Å². The zero-order chi connectivity index (χ0) is 26.8. The minimum atomic E-state index is -1.03. The summed E-state index contributed by atoms with van der Waals surface area (Å²) in [5.74, 6) is -1.28. The molecule has 2 aromatic carbocycles. The van der Waals surface area contributed by atoms with Crippen LogP contribution in [0.15, 0.2) is 48.5 Å². The molecule has 1 atom stereocenters. The predicted octanol–water partition coefficient (Wildman–Crippen LogP) is 2.15. The van der Waals surface area contributed by atoms with Crippen molar-refractivity contribution in [1.29, 1.82) is 5.41 Å². The Morgan fingerprint density at radius 1 is 1.05 bits per heavy atom. The summed E-state index contributed by atoms with van der Waals surface area (Å²) in [7, 11) is 0. The van der Waals surface area contributed by atoms with Crippen LogP contribution < -0.4 is 10.6 Å². The lowest BCUT2D eigenvalue weighted by molar-refractivity contribution is -0.147. The number of aromatic hydroxyl groups is 1.